The van der Waals surface area contributed by atoms with Crippen molar-refractivity contribution in [2.24, 2.45) is 5.92 Å². The summed E-state index contributed by atoms with van der Waals surface area (Å²) in [5.74, 6) is 0.463. The minimum Gasteiger partial charge on any atom is -0.394 e. The summed E-state index contributed by atoms with van der Waals surface area (Å²) in [5, 5.41) is 9.11. The summed E-state index contributed by atoms with van der Waals surface area (Å²) >= 11 is 3.33. The Labute approximate surface area is 122 Å². The lowest BCUT2D eigenvalue weighted by Crippen LogP contribution is -2.38. The fraction of sp³-hybridized carbons (Fsp3) is 0.538. The second-order valence-corrected chi connectivity index (χ2v) is 7.70. The first-order chi connectivity index (χ1) is 9.03. The van der Waals surface area contributed by atoms with Crippen LogP contribution in [0.2, 0.25) is 0 Å². The minimum atomic E-state index is -3.35. The SMILES string of the molecule is O=S(=O)(CC1CCC1)N(CCO)c1ccc(Br)cc1. The lowest BCUT2D eigenvalue weighted by molar-refractivity contribution is 0.306. The van der Waals surface area contributed by atoms with E-state index in [1.165, 1.54) is 4.31 Å². The Balaban J connectivity index is 2.20. The second-order valence-electron chi connectivity index (χ2n) is 4.85. The molecule has 0 aromatic heterocycles. The largest absolute Gasteiger partial charge is 0.394 e. The Morgan fingerprint density at radius 1 is 1.26 bits per heavy atom. The average molecular weight is 348 g/mol. The third-order valence-electron chi connectivity index (χ3n) is 3.42. The molecule has 6 heteroatoms. The average Bonchev–Trinajstić information content (AvgIpc) is 2.32. The van der Waals surface area contributed by atoms with Crippen LogP contribution in [0.15, 0.2) is 28.7 Å². The van der Waals surface area contributed by atoms with E-state index in [0.717, 1.165) is 23.7 Å². The summed E-state index contributed by atoms with van der Waals surface area (Å²) in [4.78, 5) is 0. The van der Waals surface area contributed by atoms with Gasteiger partial charge >= 0.3 is 0 Å². The standard InChI is InChI=1S/C13H18BrNO3S/c14-12-4-6-13(7-5-12)15(8-9-16)19(17,18)10-11-2-1-3-11/h4-7,11,16H,1-3,8-10H2. The van der Waals surface area contributed by atoms with Crippen LogP contribution in [0.25, 0.3) is 0 Å². The van der Waals surface area contributed by atoms with E-state index in [2.05, 4.69) is 15.9 Å². The molecule has 2 rings (SSSR count). The number of anilines is 1. The highest BCUT2D eigenvalue weighted by atomic mass is 79.9. The number of aliphatic hydroxyl groups excluding tert-OH is 1. The Kier molecular flexibility index (Phi) is 4.86. The molecule has 1 aliphatic carbocycles. The van der Waals surface area contributed by atoms with Gasteiger partial charge in [0.15, 0.2) is 0 Å². The monoisotopic (exact) mass is 347 g/mol. The summed E-state index contributed by atoms with van der Waals surface area (Å²) in [5.41, 5.74) is 0.608. The number of sulfonamides is 1. The molecule has 1 saturated carbocycles. The zero-order valence-electron chi connectivity index (χ0n) is 10.6. The van der Waals surface area contributed by atoms with Crippen LogP contribution in [-0.4, -0.2) is 32.4 Å². The molecule has 0 heterocycles. The molecule has 0 unspecified atom stereocenters. The molecular formula is C13H18BrNO3S. The van der Waals surface area contributed by atoms with Gasteiger partial charge in [-0.05, 0) is 43.0 Å². The lowest BCUT2D eigenvalue weighted by atomic mass is 9.87. The molecule has 1 aromatic rings. The first-order valence-electron chi connectivity index (χ1n) is 6.40. The smallest absolute Gasteiger partial charge is 0.235 e. The first-order valence-corrected chi connectivity index (χ1v) is 8.80. The van der Waals surface area contributed by atoms with Gasteiger partial charge in [0.2, 0.25) is 10.0 Å². The van der Waals surface area contributed by atoms with E-state index >= 15 is 0 Å². The Bertz CT molecular complexity index is 511. The van der Waals surface area contributed by atoms with Crippen molar-refractivity contribution in [2.45, 2.75) is 19.3 Å². The third-order valence-corrected chi connectivity index (χ3v) is 5.91. The normalized spacial score (nSPS) is 16.1. The van der Waals surface area contributed by atoms with Gasteiger partial charge in [0.05, 0.1) is 24.6 Å². The zero-order valence-corrected chi connectivity index (χ0v) is 13.0. The molecule has 0 amide bonds. The Morgan fingerprint density at radius 2 is 1.89 bits per heavy atom. The molecule has 0 saturated heterocycles. The predicted octanol–water partition coefficient (Wildman–Crippen LogP) is 2.38. The van der Waals surface area contributed by atoms with E-state index in [1.54, 1.807) is 24.3 Å². The summed E-state index contributed by atoms with van der Waals surface area (Å²) in [6, 6.07) is 7.10. The summed E-state index contributed by atoms with van der Waals surface area (Å²) in [7, 11) is -3.35. The molecule has 1 aliphatic rings. The molecule has 19 heavy (non-hydrogen) atoms. The quantitative estimate of drug-likeness (QED) is 0.859. The highest BCUT2D eigenvalue weighted by Crippen LogP contribution is 2.30. The van der Waals surface area contributed by atoms with Crippen molar-refractivity contribution in [1.29, 1.82) is 0 Å². The van der Waals surface area contributed by atoms with Crippen LogP contribution in [0, 0.1) is 5.92 Å². The van der Waals surface area contributed by atoms with Crippen molar-refractivity contribution >= 4 is 31.6 Å². The maximum absolute atomic E-state index is 12.4. The number of rotatable bonds is 6. The number of halogens is 1. The van der Waals surface area contributed by atoms with Crippen LogP contribution in [0.1, 0.15) is 19.3 Å². The topological polar surface area (TPSA) is 57.6 Å². The van der Waals surface area contributed by atoms with Crippen LogP contribution in [0.3, 0.4) is 0 Å². The Hall–Kier alpha value is -0.590. The molecule has 1 aromatic carbocycles. The molecule has 1 fully saturated rings. The summed E-state index contributed by atoms with van der Waals surface area (Å²) in [6.07, 6.45) is 3.11. The number of benzene rings is 1. The lowest BCUT2D eigenvalue weighted by Gasteiger charge is -2.30. The van der Waals surface area contributed by atoms with Crippen LogP contribution in [-0.2, 0) is 10.0 Å². The van der Waals surface area contributed by atoms with E-state index in [1.807, 2.05) is 0 Å². The highest BCUT2D eigenvalue weighted by Gasteiger charge is 2.29. The minimum absolute atomic E-state index is 0.108. The van der Waals surface area contributed by atoms with Crippen molar-refractivity contribution in [3.8, 4) is 0 Å². The molecule has 0 atom stereocenters. The Morgan fingerprint density at radius 3 is 2.37 bits per heavy atom. The highest BCUT2D eigenvalue weighted by molar-refractivity contribution is 9.10. The van der Waals surface area contributed by atoms with Crippen LogP contribution in [0.4, 0.5) is 5.69 Å². The van der Waals surface area contributed by atoms with Gasteiger partial charge in [0, 0.05) is 4.47 Å². The second kappa shape index (κ2) is 6.24. The molecule has 4 nitrogen and oxygen atoms in total. The van der Waals surface area contributed by atoms with Gasteiger partial charge in [-0.1, -0.05) is 22.4 Å². The fourth-order valence-electron chi connectivity index (χ4n) is 2.17. The van der Waals surface area contributed by atoms with Crippen molar-refractivity contribution < 1.29 is 13.5 Å². The molecule has 106 valence electrons. The maximum Gasteiger partial charge on any atom is 0.235 e. The summed E-state index contributed by atoms with van der Waals surface area (Å²) < 4.78 is 27.0. The molecular weight excluding hydrogens is 330 g/mol. The van der Waals surface area contributed by atoms with Crippen molar-refractivity contribution in [3.63, 3.8) is 0 Å². The van der Waals surface area contributed by atoms with Gasteiger partial charge < -0.3 is 5.11 Å². The van der Waals surface area contributed by atoms with Gasteiger partial charge in [-0.15, -0.1) is 0 Å². The predicted molar refractivity (Wildman–Crippen MR) is 79.7 cm³/mol. The van der Waals surface area contributed by atoms with Gasteiger partial charge in [-0.3, -0.25) is 4.31 Å². The van der Waals surface area contributed by atoms with Crippen LogP contribution < -0.4 is 4.31 Å². The number of hydrogen-bond acceptors (Lipinski definition) is 3. The molecule has 0 bridgehead atoms. The van der Waals surface area contributed by atoms with Crippen molar-refractivity contribution in [2.75, 3.05) is 23.2 Å². The van der Waals surface area contributed by atoms with Gasteiger partial charge in [0.25, 0.3) is 0 Å². The third kappa shape index (κ3) is 3.70. The number of aliphatic hydroxyl groups is 1. The maximum atomic E-state index is 12.4. The van der Waals surface area contributed by atoms with Gasteiger partial charge in [-0.2, -0.15) is 0 Å². The molecule has 1 N–H and O–H groups in total. The first kappa shape index (κ1) is 14.8. The van der Waals surface area contributed by atoms with Crippen LogP contribution >= 0.6 is 15.9 Å². The van der Waals surface area contributed by atoms with Gasteiger partial charge in [0.1, 0.15) is 0 Å². The molecule has 0 aliphatic heterocycles. The van der Waals surface area contributed by atoms with E-state index in [4.69, 9.17) is 5.11 Å². The van der Waals surface area contributed by atoms with Gasteiger partial charge in [-0.25, -0.2) is 8.42 Å². The van der Waals surface area contributed by atoms with Crippen molar-refractivity contribution in [1.82, 2.24) is 0 Å². The molecule has 0 radical (unpaired) electrons. The van der Waals surface area contributed by atoms with E-state index in [0.29, 0.717) is 5.69 Å². The van der Waals surface area contributed by atoms with Crippen LogP contribution in [0.5, 0.6) is 0 Å². The number of nitrogens with zero attached hydrogens (tertiary/aromatic N) is 1. The van der Waals surface area contributed by atoms with E-state index in [-0.39, 0.29) is 24.8 Å². The molecule has 0 spiro atoms. The van der Waals surface area contributed by atoms with Crippen molar-refractivity contribution in [3.05, 3.63) is 28.7 Å². The summed E-state index contributed by atoms with van der Waals surface area (Å²) in [6.45, 7) is -0.0728. The zero-order chi connectivity index (χ0) is 13.9. The number of hydrogen-bond donors (Lipinski definition) is 1. The van der Waals surface area contributed by atoms with E-state index in [9.17, 15) is 8.42 Å². The van der Waals surface area contributed by atoms with E-state index < -0.39 is 10.0 Å². The fourth-order valence-corrected chi connectivity index (χ4v) is 4.35.